The third kappa shape index (κ3) is 5.71. The summed E-state index contributed by atoms with van der Waals surface area (Å²) in [6.07, 6.45) is 1.18. The average molecular weight is 478 g/mol. The highest BCUT2D eigenvalue weighted by Crippen LogP contribution is 2.36. The fourth-order valence-electron chi connectivity index (χ4n) is 2.86. The maximum Gasteiger partial charge on any atom is 0.377 e. The molecule has 12 heteroatoms. The number of methoxy groups -OCH3 is 2. The Morgan fingerprint density at radius 2 is 1.47 bits per heavy atom. The molecule has 0 amide bonds. The van der Waals surface area contributed by atoms with Crippen LogP contribution in [0.5, 0.6) is 23.1 Å². The van der Waals surface area contributed by atoms with Gasteiger partial charge in [0.25, 0.3) is 5.78 Å². The zero-order valence-electron chi connectivity index (χ0n) is 18.2. The van der Waals surface area contributed by atoms with E-state index in [1.807, 2.05) is 0 Å². The topological polar surface area (TPSA) is 126 Å². The van der Waals surface area contributed by atoms with Crippen LogP contribution in [0.25, 0.3) is 10.9 Å². The van der Waals surface area contributed by atoms with Gasteiger partial charge in [0, 0.05) is 32.4 Å². The number of fused-ring (bicyclic) bond motifs is 1. The minimum atomic E-state index is -1.99. The molecule has 0 saturated heterocycles. The highest BCUT2D eigenvalue weighted by Gasteiger charge is 2.25. The number of ketones is 1. The summed E-state index contributed by atoms with van der Waals surface area (Å²) in [6, 6.07) is 4.49. The number of carboxylic acids is 1. The predicted molar refractivity (Wildman–Crippen MR) is 113 cm³/mol. The van der Waals surface area contributed by atoms with Crippen LogP contribution in [0.3, 0.4) is 0 Å². The summed E-state index contributed by atoms with van der Waals surface area (Å²) in [4.78, 5) is 30.5. The first-order valence-corrected chi connectivity index (χ1v) is 9.82. The summed E-state index contributed by atoms with van der Waals surface area (Å²) in [5.74, 6) is -6.21. The first-order valence-electron chi connectivity index (χ1n) is 9.82. The van der Waals surface area contributed by atoms with Gasteiger partial charge in [-0.15, -0.1) is 0 Å². The largest absolute Gasteiger partial charge is 0.487 e. The molecular weight excluding hydrogens is 458 g/mol. The number of hydrogen-bond donors (Lipinski definition) is 1. The number of Topliss-reactive ketones (excluding diaryl/α,β-unsaturated/α-hetero) is 1. The van der Waals surface area contributed by atoms with Gasteiger partial charge in [-0.05, 0) is 6.07 Å². The maximum atomic E-state index is 14.3. The van der Waals surface area contributed by atoms with Gasteiger partial charge in [-0.3, -0.25) is 4.79 Å². The molecule has 1 N–H and O–H groups in total. The summed E-state index contributed by atoms with van der Waals surface area (Å²) in [5.41, 5.74) is -0.811. The van der Waals surface area contributed by atoms with E-state index in [-0.39, 0.29) is 24.8 Å². The van der Waals surface area contributed by atoms with Gasteiger partial charge in [0.2, 0.25) is 5.88 Å². The Kier molecular flexibility index (Phi) is 8.22. The standard InChI is InChI=1S/C22H20F2N2O8/c1-30-3-5-32-17-9-13-16(10-18(17)33-6-4-31-2)25-11-26-21(13)34-12-7-14(23)19(15(24)8-12)20(27)22(28)29/h7-11H,3-6H2,1-2H3,(H,28,29). The van der Waals surface area contributed by atoms with Crippen LogP contribution in [0.1, 0.15) is 10.4 Å². The fourth-order valence-corrected chi connectivity index (χ4v) is 2.86. The molecule has 1 heterocycles. The van der Waals surface area contributed by atoms with Crippen molar-refractivity contribution < 1.29 is 47.2 Å². The summed E-state index contributed by atoms with van der Waals surface area (Å²) in [7, 11) is 3.06. The lowest BCUT2D eigenvalue weighted by Crippen LogP contribution is -2.16. The molecule has 2 aromatic carbocycles. The lowest BCUT2D eigenvalue weighted by Gasteiger charge is -2.15. The number of aliphatic carboxylic acids is 1. The Balaban J connectivity index is 1.98. The molecule has 180 valence electrons. The van der Waals surface area contributed by atoms with Gasteiger partial charge in [-0.1, -0.05) is 0 Å². The molecule has 3 rings (SSSR count). The van der Waals surface area contributed by atoms with E-state index in [4.69, 9.17) is 28.8 Å². The highest BCUT2D eigenvalue weighted by molar-refractivity contribution is 6.40. The number of ether oxygens (including phenoxy) is 5. The van der Waals surface area contributed by atoms with Crippen LogP contribution in [-0.4, -0.2) is 67.5 Å². The van der Waals surface area contributed by atoms with E-state index in [2.05, 4.69) is 9.97 Å². The zero-order chi connectivity index (χ0) is 24.7. The minimum Gasteiger partial charge on any atom is -0.487 e. The summed E-state index contributed by atoms with van der Waals surface area (Å²) in [6.45, 7) is 1.11. The molecule has 10 nitrogen and oxygen atoms in total. The molecule has 0 aliphatic carbocycles. The van der Waals surface area contributed by atoms with Crippen molar-refractivity contribution in [2.24, 2.45) is 0 Å². The van der Waals surface area contributed by atoms with E-state index >= 15 is 0 Å². The molecule has 0 fully saturated rings. The molecule has 0 saturated carbocycles. The monoisotopic (exact) mass is 478 g/mol. The number of halogens is 2. The lowest BCUT2D eigenvalue weighted by atomic mass is 10.1. The lowest BCUT2D eigenvalue weighted by molar-refractivity contribution is -0.131. The van der Waals surface area contributed by atoms with E-state index in [0.29, 0.717) is 47.7 Å². The van der Waals surface area contributed by atoms with Crippen molar-refractivity contribution in [1.82, 2.24) is 9.97 Å². The Morgan fingerprint density at radius 3 is 2.03 bits per heavy atom. The quantitative estimate of drug-likeness (QED) is 0.236. The number of nitrogens with zero attached hydrogens (tertiary/aromatic N) is 2. The van der Waals surface area contributed by atoms with Crippen molar-refractivity contribution >= 4 is 22.7 Å². The Hall–Kier alpha value is -3.90. The molecule has 0 aliphatic rings. The van der Waals surface area contributed by atoms with Crippen LogP contribution < -0.4 is 14.2 Å². The SMILES string of the molecule is COCCOc1cc2ncnc(Oc3cc(F)c(C(=O)C(=O)O)c(F)c3)c2cc1OCCOC. The second kappa shape index (κ2) is 11.3. The summed E-state index contributed by atoms with van der Waals surface area (Å²) >= 11 is 0. The van der Waals surface area contributed by atoms with Gasteiger partial charge in [0.15, 0.2) is 11.5 Å². The van der Waals surface area contributed by atoms with Crippen LogP contribution in [0.4, 0.5) is 8.78 Å². The number of carbonyl (C=O) groups excluding carboxylic acids is 1. The number of aromatic nitrogens is 2. The molecule has 1 aromatic heterocycles. The Bertz CT molecular complexity index is 1180. The van der Waals surface area contributed by atoms with Crippen molar-refractivity contribution in [3.05, 3.63) is 47.8 Å². The normalized spacial score (nSPS) is 10.8. The van der Waals surface area contributed by atoms with Gasteiger partial charge in [-0.2, -0.15) is 0 Å². The zero-order valence-corrected chi connectivity index (χ0v) is 18.2. The van der Waals surface area contributed by atoms with Gasteiger partial charge >= 0.3 is 5.97 Å². The third-order valence-corrected chi connectivity index (χ3v) is 4.41. The Labute approximate surface area is 192 Å². The summed E-state index contributed by atoms with van der Waals surface area (Å²) < 4.78 is 55.5. The van der Waals surface area contributed by atoms with Gasteiger partial charge in [-0.25, -0.2) is 23.5 Å². The van der Waals surface area contributed by atoms with E-state index in [1.165, 1.54) is 26.6 Å². The van der Waals surface area contributed by atoms with E-state index in [9.17, 15) is 18.4 Å². The molecule has 0 aliphatic heterocycles. The van der Waals surface area contributed by atoms with Crippen molar-refractivity contribution in [2.45, 2.75) is 0 Å². The van der Waals surface area contributed by atoms with Gasteiger partial charge in [0.1, 0.15) is 42.5 Å². The molecule has 0 spiro atoms. The van der Waals surface area contributed by atoms with Crippen LogP contribution in [-0.2, 0) is 14.3 Å². The van der Waals surface area contributed by atoms with Crippen molar-refractivity contribution in [3.63, 3.8) is 0 Å². The molecule has 0 unspecified atom stereocenters. The number of hydrogen-bond acceptors (Lipinski definition) is 9. The van der Waals surface area contributed by atoms with Crippen molar-refractivity contribution in [2.75, 3.05) is 40.6 Å². The van der Waals surface area contributed by atoms with Crippen LogP contribution in [0.2, 0.25) is 0 Å². The van der Waals surface area contributed by atoms with Gasteiger partial charge in [0.05, 0.1) is 24.1 Å². The smallest absolute Gasteiger partial charge is 0.377 e. The van der Waals surface area contributed by atoms with Crippen LogP contribution in [0, 0.1) is 11.6 Å². The second-order valence-corrected chi connectivity index (χ2v) is 6.68. The van der Waals surface area contributed by atoms with E-state index < -0.39 is 29.0 Å². The molecular formula is C22H20F2N2O8. The molecule has 0 bridgehead atoms. The van der Waals surface area contributed by atoms with E-state index in [0.717, 1.165) is 0 Å². The van der Waals surface area contributed by atoms with Crippen molar-refractivity contribution in [3.8, 4) is 23.1 Å². The second-order valence-electron chi connectivity index (χ2n) is 6.68. The van der Waals surface area contributed by atoms with Crippen LogP contribution in [0.15, 0.2) is 30.6 Å². The molecule has 0 radical (unpaired) electrons. The van der Waals surface area contributed by atoms with Crippen LogP contribution >= 0.6 is 0 Å². The first kappa shape index (κ1) is 24.7. The number of rotatable bonds is 12. The van der Waals surface area contributed by atoms with E-state index in [1.54, 1.807) is 6.07 Å². The predicted octanol–water partition coefficient (Wildman–Crippen LogP) is 3.02. The third-order valence-electron chi connectivity index (χ3n) is 4.41. The number of carboxylic acid groups (broad SMARTS) is 1. The number of benzene rings is 2. The fraction of sp³-hybridized carbons (Fsp3) is 0.273. The van der Waals surface area contributed by atoms with Gasteiger partial charge < -0.3 is 28.8 Å². The average Bonchev–Trinajstić information content (AvgIpc) is 2.79. The highest BCUT2D eigenvalue weighted by atomic mass is 19.1. The first-order chi connectivity index (χ1) is 16.3. The number of carbonyl (C=O) groups is 2. The van der Waals surface area contributed by atoms with Crippen molar-refractivity contribution in [1.29, 1.82) is 0 Å². The molecule has 3 aromatic rings. The molecule has 0 atom stereocenters. The summed E-state index contributed by atoms with van der Waals surface area (Å²) in [5, 5.41) is 9.07. The maximum absolute atomic E-state index is 14.3. The minimum absolute atomic E-state index is 0.0684. The Morgan fingerprint density at radius 1 is 0.882 bits per heavy atom. The molecule has 34 heavy (non-hydrogen) atoms.